The van der Waals surface area contributed by atoms with E-state index in [4.69, 9.17) is 10.5 Å². The van der Waals surface area contributed by atoms with Gasteiger partial charge in [0.2, 0.25) is 0 Å². The first-order valence-electron chi connectivity index (χ1n) is 15.2. The highest BCUT2D eigenvalue weighted by atomic mass is 19.1. The van der Waals surface area contributed by atoms with Crippen molar-refractivity contribution < 1.29 is 22.7 Å². The smallest absolute Gasteiger partial charge is 0.253 e. The molecule has 0 aliphatic carbocycles. The normalized spacial score (nSPS) is 16.2. The molecule has 2 heterocycles. The molecule has 3 rings (SSSR count). The third-order valence-corrected chi connectivity index (χ3v) is 7.85. The fraction of sp³-hybridized carbons (Fsp3) is 0.429. The van der Waals surface area contributed by atoms with Gasteiger partial charge in [0.05, 0.1) is 0 Å². The van der Waals surface area contributed by atoms with Gasteiger partial charge < -0.3 is 20.7 Å². The van der Waals surface area contributed by atoms with Gasteiger partial charge >= 0.3 is 0 Å². The third kappa shape index (κ3) is 9.31. The Morgan fingerprint density at radius 3 is 2.42 bits per heavy atom. The Kier molecular flexibility index (Phi) is 14.1. The molecule has 1 amide bonds. The van der Waals surface area contributed by atoms with Crippen LogP contribution in [0.15, 0.2) is 59.6 Å². The Labute approximate surface area is 266 Å². The molecular formula is C35H48F3N5O2. The minimum absolute atomic E-state index is 0.0479. The van der Waals surface area contributed by atoms with E-state index in [-0.39, 0.29) is 17.8 Å². The maximum absolute atomic E-state index is 15.2. The SMILES string of the molecule is CC.COC(C)/C(F)=C(N)\C(F)=C/Nc1ccnc(C)c1/C=C(\C)C(C)N1CC=C(c2c(C)cc(C(=O)N(C)C)cc2F)CC1. The number of benzene rings is 1. The number of nitrogens with zero attached hydrogens (tertiary/aromatic N) is 3. The lowest BCUT2D eigenvalue weighted by molar-refractivity contribution is 0.0827. The van der Waals surface area contributed by atoms with Crippen LogP contribution in [0.1, 0.15) is 73.8 Å². The zero-order valence-electron chi connectivity index (χ0n) is 28.2. The first-order valence-corrected chi connectivity index (χ1v) is 15.2. The van der Waals surface area contributed by atoms with Crippen molar-refractivity contribution >= 4 is 23.2 Å². The van der Waals surface area contributed by atoms with Crippen LogP contribution in [-0.4, -0.2) is 67.1 Å². The summed E-state index contributed by atoms with van der Waals surface area (Å²) in [4.78, 5) is 20.4. The summed E-state index contributed by atoms with van der Waals surface area (Å²) < 4.78 is 48.9. The van der Waals surface area contributed by atoms with E-state index in [1.807, 2.05) is 46.8 Å². The predicted molar refractivity (Wildman–Crippen MR) is 178 cm³/mol. The van der Waals surface area contributed by atoms with Crippen molar-refractivity contribution in [1.82, 2.24) is 14.8 Å². The number of hydrogen-bond donors (Lipinski definition) is 2. The first kappa shape index (κ1) is 37.3. The van der Waals surface area contributed by atoms with Gasteiger partial charge in [-0.1, -0.05) is 31.6 Å². The Morgan fingerprint density at radius 2 is 1.87 bits per heavy atom. The Balaban J connectivity index is 0.00000345. The number of ether oxygens (including phenoxy) is 1. The van der Waals surface area contributed by atoms with E-state index in [2.05, 4.69) is 22.1 Å². The lowest BCUT2D eigenvalue weighted by atomic mass is 9.92. The molecule has 0 radical (unpaired) electrons. The molecule has 246 valence electrons. The number of nitrogens with two attached hydrogens (primary N) is 1. The Hall–Kier alpha value is -3.89. The molecule has 0 bridgehead atoms. The summed E-state index contributed by atoms with van der Waals surface area (Å²) in [5.74, 6) is -2.46. The largest absolute Gasteiger partial charge is 0.394 e. The summed E-state index contributed by atoms with van der Waals surface area (Å²) in [6.45, 7) is 14.6. The highest BCUT2D eigenvalue weighted by Gasteiger charge is 2.23. The van der Waals surface area contributed by atoms with Gasteiger partial charge in [0.15, 0.2) is 11.7 Å². The molecule has 7 nitrogen and oxygen atoms in total. The third-order valence-electron chi connectivity index (χ3n) is 7.85. The predicted octanol–water partition coefficient (Wildman–Crippen LogP) is 7.54. The maximum Gasteiger partial charge on any atom is 0.253 e. The monoisotopic (exact) mass is 627 g/mol. The van der Waals surface area contributed by atoms with Crippen LogP contribution in [0.2, 0.25) is 0 Å². The molecule has 45 heavy (non-hydrogen) atoms. The van der Waals surface area contributed by atoms with Gasteiger partial charge in [0, 0.05) is 80.8 Å². The number of hydrogen-bond acceptors (Lipinski definition) is 6. The Morgan fingerprint density at radius 1 is 1.20 bits per heavy atom. The fourth-order valence-corrected chi connectivity index (χ4v) is 4.97. The van der Waals surface area contributed by atoms with Crippen molar-refractivity contribution in [2.75, 3.05) is 39.6 Å². The molecule has 3 N–H and O–H groups in total. The number of aryl methyl sites for hydroxylation is 2. The quantitative estimate of drug-likeness (QED) is 0.265. The molecule has 0 saturated carbocycles. The fourth-order valence-electron chi connectivity index (χ4n) is 4.97. The van der Waals surface area contributed by atoms with Gasteiger partial charge in [-0.05, 0) is 70.4 Å². The molecule has 1 aromatic carbocycles. The number of carbonyl (C=O) groups is 1. The molecular weight excluding hydrogens is 579 g/mol. The average Bonchev–Trinajstić information content (AvgIpc) is 3.03. The minimum Gasteiger partial charge on any atom is -0.394 e. The number of halogens is 3. The van der Waals surface area contributed by atoms with Crippen LogP contribution in [0.25, 0.3) is 11.6 Å². The summed E-state index contributed by atoms with van der Waals surface area (Å²) in [6, 6.07) is 4.82. The van der Waals surface area contributed by atoms with Gasteiger partial charge in [0.1, 0.15) is 17.6 Å². The molecule has 0 spiro atoms. The molecule has 10 heteroatoms. The summed E-state index contributed by atoms with van der Waals surface area (Å²) in [7, 11) is 4.60. The number of aromatic nitrogens is 1. The minimum atomic E-state index is -0.965. The lowest BCUT2D eigenvalue weighted by Gasteiger charge is -2.33. The molecule has 0 fully saturated rings. The van der Waals surface area contributed by atoms with E-state index in [9.17, 15) is 13.6 Å². The number of rotatable bonds is 10. The van der Waals surface area contributed by atoms with Crippen molar-refractivity contribution in [3.8, 4) is 0 Å². The maximum atomic E-state index is 15.2. The summed E-state index contributed by atoms with van der Waals surface area (Å²) in [5.41, 5.74) is 10.7. The van der Waals surface area contributed by atoms with E-state index in [0.717, 1.165) is 40.7 Å². The molecule has 2 aromatic rings. The molecule has 1 aliphatic heterocycles. The summed E-state index contributed by atoms with van der Waals surface area (Å²) in [5, 5.41) is 2.90. The second kappa shape index (κ2) is 17.0. The Bertz CT molecular complexity index is 1460. The average molecular weight is 628 g/mol. The summed E-state index contributed by atoms with van der Waals surface area (Å²) >= 11 is 0. The number of allylic oxidation sites excluding steroid dienone is 1. The van der Waals surface area contributed by atoms with Gasteiger partial charge in [-0.3, -0.25) is 14.7 Å². The van der Waals surface area contributed by atoms with Crippen LogP contribution in [0.3, 0.4) is 0 Å². The lowest BCUT2D eigenvalue weighted by Crippen LogP contribution is -2.37. The number of amides is 1. The number of methoxy groups -OCH3 is 1. The highest BCUT2D eigenvalue weighted by Crippen LogP contribution is 2.31. The molecule has 0 saturated heterocycles. The number of nitrogens with one attached hydrogen (secondary N) is 1. The van der Waals surface area contributed by atoms with Crippen LogP contribution < -0.4 is 11.1 Å². The standard InChI is InChI=1S/C33H42F3N5O2.C2H6/c1-19(16-26-21(3)38-12-9-29(26)39-18-28(35)32(37)31(36)23(5)43-8)22(4)41-13-10-24(11-14-41)30-20(2)15-25(17-27(30)34)33(42)40(6)7;1-2/h9-10,12,15-18,22-23H,11,13-14,37H2,1-8H3,(H,38,39);1-2H3/b19-16+,28-18+,32-31-;. The number of pyridine rings is 1. The number of carbonyl (C=O) groups excluding carboxylic acids is 1. The second-order valence-electron chi connectivity index (χ2n) is 11.0. The van der Waals surface area contributed by atoms with E-state index in [1.54, 1.807) is 32.4 Å². The molecule has 2 atom stereocenters. The van der Waals surface area contributed by atoms with Crippen molar-refractivity contribution in [3.05, 3.63) is 93.4 Å². The van der Waals surface area contributed by atoms with Crippen molar-refractivity contribution in [2.24, 2.45) is 5.73 Å². The van der Waals surface area contributed by atoms with Gasteiger partial charge in [-0.25, -0.2) is 13.2 Å². The number of anilines is 1. The van der Waals surface area contributed by atoms with Crippen molar-refractivity contribution in [2.45, 2.75) is 67.0 Å². The molecule has 2 unspecified atom stereocenters. The zero-order chi connectivity index (χ0) is 34.0. The summed E-state index contributed by atoms with van der Waals surface area (Å²) in [6.07, 6.45) is 6.36. The van der Waals surface area contributed by atoms with Gasteiger partial charge in [-0.15, -0.1) is 0 Å². The van der Waals surface area contributed by atoms with Crippen molar-refractivity contribution in [3.63, 3.8) is 0 Å². The van der Waals surface area contributed by atoms with E-state index < -0.39 is 23.5 Å². The topological polar surface area (TPSA) is 83.7 Å². The van der Waals surface area contributed by atoms with E-state index >= 15 is 4.39 Å². The van der Waals surface area contributed by atoms with E-state index in [0.29, 0.717) is 29.8 Å². The van der Waals surface area contributed by atoms with Crippen LogP contribution in [0, 0.1) is 19.7 Å². The molecule has 1 aliphatic rings. The van der Waals surface area contributed by atoms with Gasteiger partial charge in [-0.2, -0.15) is 0 Å². The van der Waals surface area contributed by atoms with Gasteiger partial charge in [0.25, 0.3) is 5.91 Å². The van der Waals surface area contributed by atoms with Crippen molar-refractivity contribution in [1.29, 1.82) is 0 Å². The van der Waals surface area contributed by atoms with Crippen LogP contribution in [0.5, 0.6) is 0 Å². The zero-order valence-corrected chi connectivity index (χ0v) is 28.2. The van der Waals surface area contributed by atoms with Crippen LogP contribution >= 0.6 is 0 Å². The van der Waals surface area contributed by atoms with Crippen LogP contribution in [0.4, 0.5) is 18.9 Å². The second-order valence-corrected chi connectivity index (χ2v) is 11.0. The van der Waals surface area contributed by atoms with Crippen LogP contribution in [-0.2, 0) is 4.74 Å². The first-order chi connectivity index (χ1) is 21.3. The molecule has 1 aromatic heterocycles. The highest BCUT2D eigenvalue weighted by molar-refractivity contribution is 5.94. The van der Waals surface area contributed by atoms with E-state index in [1.165, 1.54) is 25.0 Å².